The lowest BCUT2D eigenvalue weighted by atomic mass is 10.0. The number of fused-ring (bicyclic) bond motifs is 1. The molecule has 2 saturated heterocycles. The van der Waals surface area contributed by atoms with Crippen LogP contribution in [-0.4, -0.2) is 59.2 Å². The maximum Gasteiger partial charge on any atom is 0.255 e. The molecule has 3 amide bonds. The topological polar surface area (TPSA) is 81.8 Å². The van der Waals surface area contributed by atoms with E-state index >= 15 is 0 Å². The Morgan fingerprint density at radius 3 is 2.75 bits per heavy atom. The third-order valence-corrected chi connectivity index (χ3v) is 6.48. The van der Waals surface area contributed by atoms with Gasteiger partial charge in [0.1, 0.15) is 6.04 Å². The molecule has 5 rings (SSSR count). The fraction of sp³-hybridized carbons (Fsp3) is 0.571. The van der Waals surface area contributed by atoms with E-state index in [1.165, 1.54) is 12.8 Å². The summed E-state index contributed by atoms with van der Waals surface area (Å²) in [5.74, 6) is 0.131. The molecule has 1 aromatic rings. The first kappa shape index (κ1) is 17.8. The first-order valence-electron chi connectivity index (χ1n) is 10.3. The van der Waals surface area contributed by atoms with Gasteiger partial charge >= 0.3 is 0 Å². The van der Waals surface area contributed by atoms with Crippen LogP contribution in [0.5, 0.6) is 0 Å². The van der Waals surface area contributed by atoms with Gasteiger partial charge < -0.3 is 10.2 Å². The molecule has 0 bridgehead atoms. The van der Waals surface area contributed by atoms with Crippen molar-refractivity contribution in [2.45, 2.75) is 50.9 Å². The van der Waals surface area contributed by atoms with E-state index in [-0.39, 0.29) is 24.1 Å². The van der Waals surface area contributed by atoms with Crippen molar-refractivity contribution in [3.63, 3.8) is 0 Å². The van der Waals surface area contributed by atoms with Crippen molar-refractivity contribution in [2.24, 2.45) is 5.92 Å². The molecule has 0 aromatic heterocycles. The van der Waals surface area contributed by atoms with Crippen molar-refractivity contribution in [1.82, 2.24) is 20.4 Å². The highest BCUT2D eigenvalue weighted by molar-refractivity contribution is 6.05. The number of imide groups is 1. The molecule has 2 unspecified atom stereocenters. The summed E-state index contributed by atoms with van der Waals surface area (Å²) in [7, 11) is 0. The number of rotatable bonds is 4. The average Bonchev–Trinajstić information content (AvgIpc) is 3.48. The molecular weight excluding hydrogens is 356 g/mol. The zero-order valence-corrected chi connectivity index (χ0v) is 15.9. The molecule has 3 aliphatic heterocycles. The zero-order valence-electron chi connectivity index (χ0n) is 15.9. The van der Waals surface area contributed by atoms with Crippen LogP contribution in [0.3, 0.4) is 0 Å². The highest BCUT2D eigenvalue weighted by atomic mass is 16.2. The van der Waals surface area contributed by atoms with Gasteiger partial charge in [0.25, 0.3) is 5.91 Å². The molecule has 0 spiro atoms. The predicted molar refractivity (Wildman–Crippen MR) is 102 cm³/mol. The molecule has 3 fully saturated rings. The minimum atomic E-state index is -0.548. The average molecular weight is 382 g/mol. The van der Waals surface area contributed by atoms with Gasteiger partial charge in [0.15, 0.2) is 0 Å². The van der Waals surface area contributed by atoms with Gasteiger partial charge in [-0.2, -0.15) is 0 Å². The molecule has 2 atom stereocenters. The lowest BCUT2D eigenvalue weighted by Crippen LogP contribution is -2.52. The Labute approximate surface area is 164 Å². The van der Waals surface area contributed by atoms with Crippen LogP contribution in [0, 0.1) is 5.92 Å². The Balaban J connectivity index is 1.28. The molecule has 28 heavy (non-hydrogen) atoms. The van der Waals surface area contributed by atoms with E-state index in [0.717, 1.165) is 43.2 Å². The van der Waals surface area contributed by atoms with E-state index in [1.807, 2.05) is 12.1 Å². The van der Waals surface area contributed by atoms with E-state index in [4.69, 9.17) is 0 Å². The number of benzene rings is 1. The van der Waals surface area contributed by atoms with Crippen LogP contribution in [0.2, 0.25) is 0 Å². The molecule has 7 heteroatoms. The minimum Gasteiger partial charge on any atom is -0.322 e. The number of hydrogen-bond donors (Lipinski definition) is 2. The Morgan fingerprint density at radius 2 is 1.96 bits per heavy atom. The number of hydrogen-bond acceptors (Lipinski definition) is 5. The van der Waals surface area contributed by atoms with Gasteiger partial charge in [0, 0.05) is 50.7 Å². The SMILES string of the molecule is O=C1CCC(N2Cc3ccc(CN4CCNC(C5CC5)C4)cc3C2=O)C(=O)N1. The number of nitrogens with zero attached hydrogens (tertiary/aromatic N) is 2. The number of nitrogens with one attached hydrogen (secondary N) is 2. The maximum atomic E-state index is 13.0. The fourth-order valence-electron chi connectivity index (χ4n) is 4.76. The van der Waals surface area contributed by atoms with Gasteiger partial charge in [-0.1, -0.05) is 12.1 Å². The Hall–Kier alpha value is -2.25. The van der Waals surface area contributed by atoms with E-state index in [9.17, 15) is 14.4 Å². The van der Waals surface area contributed by atoms with Crippen LogP contribution >= 0.6 is 0 Å². The third-order valence-electron chi connectivity index (χ3n) is 6.48. The van der Waals surface area contributed by atoms with Crippen molar-refractivity contribution in [3.05, 3.63) is 34.9 Å². The van der Waals surface area contributed by atoms with Gasteiger partial charge in [0.2, 0.25) is 11.8 Å². The van der Waals surface area contributed by atoms with Crippen molar-refractivity contribution in [2.75, 3.05) is 19.6 Å². The largest absolute Gasteiger partial charge is 0.322 e. The first-order chi connectivity index (χ1) is 13.6. The molecule has 0 radical (unpaired) electrons. The molecule has 4 aliphatic rings. The van der Waals surface area contributed by atoms with Crippen LogP contribution in [0.15, 0.2) is 18.2 Å². The van der Waals surface area contributed by atoms with Crippen LogP contribution in [0.1, 0.15) is 47.2 Å². The quantitative estimate of drug-likeness (QED) is 0.747. The van der Waals surface area contributed by atoms with Gasteiger partial charge in [-0.05, 0) is 42.4 Å². The number of carbonyl (C=O) groups excluding carboxylic acids is 3. The van der Waals surface area contributed by atoms with Crippen molar-refractivity contribution < 1.29 is 14.4 Å². The second kappa shape index (κ2) is 6.97. The summed E-state index contributed by atoms with van der Waals surface area (Å²) in [5, 5.41) is 5.98. The van der Waals surface area contributed by atoms with Crippen molar-refractivity contribution >= 4 is 17.7 Å². The van der Waals surface area contributed by atoms with Crippen LogP contribution < -0.4 is 10.6 Å². The summed E-state index contributed by atoms with van der Waals surface area (Å²) < 4.78 is 0. The third kappa shape index (κ3) is 3.33. The summed E-state index contributed by atoms with van der Waals surface area (Å²) in [6, 6.07) is 6.18. The highest BCUT2D eigenvalue weighted by Crippen LogP contribution is 2.34. The normalized spacial score (nSPS) is 28.4. The lowest BCUT2D eigenvalue weighted by molar-refractivity contribution is -0.136. The lowest BCUT2D eigenvalue weighted by Gasteiger charge is -2.34. The number of carbonyl (C=O) groups is 3. The smallest absolute Gasteiger partial charge is 0.255 e. The van der Waals surface area contributed by atoms with Crippen LogP contribution in [0.25, 0.3) is 0 Å². The molecule has 1 aliphatic carbocycles. The molecular formula is C21H26N4O3. The fourth-order valence-corrected chi connectivity index (χ4v) is 4.76. The van der Waals surface area contributed by atoms with E-state index in [1.54, 1.807) is 4.90 Å². The maximum absolute atomic E-state index is 13.0. The molecule has 1 aromatic carbocycles. The number of amides is 3. The van der Waals surface area contributed by atoms with E-state index in [2.05, 4.69) is 21.6 Å². The number of piperazine rings is 1. The zero-order chi connectivity index (χ0) is 19.3. The summed E-state index contributed by atoms with van der Waals surface area (Å²) in [5.41, 5.74) is 2.82. The predicted octanol–water partition coefficient (Wildman–Crippen LogP) is 0.631. The van der Waals surface area contributed by atoms with Gasteiger partial charge in [0.05, 0.1) is 0 Å². The minimum absolute atomic E-state index is 0.0949. The summed E-state index contributed by atoms with van der Waals surface area (Å²) in [6.45, 7) is 4.41. The Kier molecular flexibility index (Phi) is 4.44. The standard InChI is InChI=1S/C21H26N4O3/c26-19-6-5-18(20(27)23-19)25-11-15-2-1-13(9-16(15)21(25)28)10-24-8-7-22-17(12-24)14-3-4-14/h1-2,9,14,17-18,22H,3-8,10-12H2,(H,23,26,27). The van der Waals surface area contributed by atoms with Gasteiger partial charge in [-0.25, -0.2) is 0 Å². The summed E-state index contributed by atoms with van der Waals surface area (Å²) in [6.07, 6.45) is 3.37. The van der Waals surface area contributed by atoms with Gasteiger partial charge in [-0.3, -0.25) is 24.6 Å². The second-order valence-electron chi connectivity index (χ2n) is 8.52. The summed E-state index contributed by atoms with van der Waals surface area (Å²) in [4.78, 5) is 40.6. The highest BCUT2D eigenvalue weighted by Gasteiger charge is 2.39. The van der Waals surface area contributed by atoms with Crippen LogP contribution in [-0.2, 0) is 22.7 Å². The number of piperidine rings is 1. The second-order valence-corrected chi connectivity index (χ2v) is 8.52. The van der Waals surface area contributed by atoms with E-state index < -0.39 is 6.04 Å². The Bertz CT molecular complexity index is 835. The molecule has 3 heterocycles. The monoisotopic (exact) mass is 382 g/mol. The molecule has 7 nitrogen and oxygen atoms in total. The first-order valence-corrected chi connectivity index (χ1v) is 10.3. The molecule has 148 valence electrons. The van der Waals surface area contributed by atoms with Crippen molar-refractivity contribution in [3.8, 4) is 0 Å². The summed E-state index contributed by atoms with van der Waals surface area (Å²) >= 11 is 0. The molecule has 2 N–H and O–H groups in total. The Morgan fingerprint density at radius 1 is 1.11 bits per heavy atom. The van der Waals surface area contributed by atoms with E-state index in [0.29, 0.717) is 24.6 Å². The van der Waals surface area contributed by atoms with Crippen molar-refractivity contribution in [1.29, 1.82) is 0 Å². The molecule has 1 saturated carbocycles. The van der Waals surface area contributed by atoms with Gasteiger partial charge in [-0.15, -0.1) is 0 Å². The van der Waals surface area contributed by atoms with Crippen LogP contribution in [0.4, 0.5) is 0 Å².